The van der Waals surface area contributed by atoms with Crippen LogP contribution in [0.1, 0.15) is 37.6 Å². The van der Waals surface area contributed by atoms with E-state index in [4.69, 9.17) is 9.47 Å². The van der Waals surface area contributed by atoms with Crippen LogP contribution in [0, 0.1) is 5.82 Å². The number of aromatic nitrogens is 1. The molecule has 1 aromatic heterocycles. The zero-order valence-electron chi connectivity index (χ0n) is 18.6. The highest BCUT2D eigenvalue weighted by Gasteiger charge is 2.27. The molecule has 1 amide bonds. The Bertz CT molecular complexity index is 1090. The minimum Gasteiger partial charge on any atom is -0.489 e. The molecule has 1 aliphatic heterocycles. The second-order valence-corrected chi connectivity index (χ2v) is 8.88. The maximum absolute atomic E-state index is 14.9. The fourth-order valence-electron chi connectivity index (χ4n) is 3.58. The van der Waals surface area contributed by atoms with Crippen LogP contribution < -0.4 is 4.74 Å². The average molecular weight is 435 g/mol. The second kappa shape index (κ2) is 8.99. The summed E-state index contributed by atoms with van der Waals surface area (Å²) in [6, 6.07) is 18.7. The molecule has 0 saturated carbocycles. The number of carbonyl (C=O) groups excluding carboxylic acids is 1. The summed E-state index contributed by atoms with van der Waals surface area (Å²) in [5.41, 5.74) is 3.04. The van der Waals surface area contributed by atoms with E-state index in [-0.39, 0.29) is 0 Å². The van der Waals surface area contributed by atoms with Gasteiger partial charge in [-0.05, 0) is 62.2 Å². The van der Waals surface area contributed by atoms with Crippen LogP contribution in [0.5, 0.6) is 5.75 Å². The zero-order valence-corrected chi connectivity index (χ0v) is 18.6. The smallest absolute Gasteiger partial charge is 0.410 e. The van der Waals surface area contributed by atoms with Crippen molar-refractivity contribution in [2.24, 2.45) is 0 Å². The third kappa shape index (κ3) is 5.25. The minimum absolute atomic E-state index is 0.292. The first kappa shape index (κ1) is 21.8. The van der Waals surface area contributed by atoms with Gasteiger partial charge >= 0.3 is 6.09 Å². The summed E-state index contributed by atoms with van der Waals surface area (Å²) < 4.78 is 26.1. The molecule has 3 aromatic rings. The lowest BCUT2D eigenvalue weighted by atomic mass is 10.0. The Hall–Kier alpha value is -3.41. The number of halogens is 1. The lowest BCUT2D eigenvalue weighted by Crippen LogP contribution is -2.40. The van der Waals surface area contributed by atoms with Gasteiger partial charge in [0.15, 0.2) is 0 Å². The number of rotatable bonds is 4. The van der Waals surface area contributed by atoms with Crippen LogP contribution in [-0.4, -0.2) is 28.1 Å². The van der Waals surface area contributed by atoms with Crippen molar-refractivity contribution in [3.05, 3.63) is 83.3 Å². The molecule has 1 aliphatic rings. The van der Waals surface area contributed by atoms with E-state index in [1.165, 1.54) is 6.07 Å². The number of amides is 1. The predicted octanol–water partition coefficient (Wildman–Crippen LogP) is 5.76. The maximum Gasteiger partial charge on any atom is 0.410 e. The van der Waals surface area contributed by atoms with E-state index >= 15 is 0 Å². The Morgan fingerprint density at radius 3 is 2.50 bits per heavy atom. The third-order valence-corrected chi connectivity index (χ3v) is 5.15. The van der Waals surface area contributed by atoms with Crippen molar-refractivity contribution in [3.63, 3.8) is 0 Å². The summed E-state index contributed by atoms with van der Waals surface area (Å²) >= 11 is 0. The first-order valence-electron chi connectivity index (χ1n) is 10.7. The van der Waals surface area contributed by atoms with Crippen LogP contribution in [-0.2, 0) is 24.3 Å². The highest BCUT2D eigenvalue weighted by molar-refractivity contribution is 5.69. The standard InChI is InChI=1S/C26H27FN2O3/c1-26(2,3)32-25(30)29-14-13-23-20(16-29)15-22(27)24(28-23)19-9-11-21(12-10-19)31-17-18-7-5-4-6-8-18/h4-12,15H,13-14,16-17H2,1-3H3. The van der Waals surface area contributed by atoms with Crippen molar-refractivity contribution in [1.29, 1.82) is 0 Å². The molecule has 0 fully saturated rings. The quantitative estimate of drug-likeness (QED) is 0.524. The van der Waals surface area contributed by atoms with Gasteiger partial charge in [0.25, 0.3) is 0 Å². The predicted molar refractivity (Wildman–Crippen MR) is 121 cm³/mol. The number of carbonyl (C=O) groups is 1. The number of benzene rings is 2. The SMILES string of the molecule is CC(C)(C)OC(=O)N1CCc2nc(-c3ccc(OCc4ccccc4)cc3)c(F)cc2C1. The summed E-state index contributed by atoms with van der Waals surface area (Å²) in [4.78, 5) is 18.5. The molecule has 0 spiro atoms. The molecule has 0 unspecified atom stereocenters. The van der Waals surface area contributed by atoms with Gasteiger partial charge in [-0.2, -0.15) is 0 Å². The topological polar surface area (TPSA) is 51.7 Å². The molecule has 32 heavy (non-hydrogen) atoms. The Morgan fingerprint density at radius 2 is 1.81 bits per heavy atom. The fraction of sp³-hybridized carbons (Fsp3) is 0.308. The molecule has 2 heterocycles. The van der Waals surface area contributed by atoms with Gasteiger partial charge in [0, 0.05) is 24.2 Å². The Balaban J connectivity index is 1.46. The van der Waals surface area contributed by atoms with Gasteiger partial charge in [-0.15, -0.1) is 0 Å². The van der Waals surface area contributed by atoms with Crippen LogP contribution in [0.15, 0.2) is 60.7 Å². The second-order valence-electron chi connectivity index (χ2n) is 8.88. The molecule has 0 saturated heterocycles. The van der Waals surface area contributed by atoms with E-state index in [0.717, 1.165) is 11.3 Å². The molecular weight excluding hydrogens is 407 g/mol. The summed E-state index contributed by atoms with van der Waals surface area (Å²) in [6.45, 7) is 6.74. The largest absolute Gasteiger partial charge is 0.489 e. The van der Waals surface area contributed by atoms with Crippen LogP contribution >= 0.6 is 0 Å². The Labute approximate surface area is 187 Å². The maximum atomic E-state index is 14.9. The van der Waals surface area contributed by atoms with Gasteiger partial charge in [0.05, 0.1) is 6.54 Å². The molecule has 4 rings (SSSR count). The minimum atomic E-state index is -0.568. The molecule has 0 radical (unpaired) electrons. The Morgan fingerprint density at radius 1 is 1.09 bits per heavy atom. The van der Waals surface area contributed by atoms with Gasteiger partial charge in [-0.25, -0.2) is 14.2 Å². The number of hydrogen-bond donors (Lipinski definition) is 0. The molecule has 2 aromatic carbocycles. The monoisotopic (exact) mass is 434 g/mol. The molecule has 0 aliphatic carbocycles. The van der Waals surface area contributed by atoms with Crippen molar-refractivity contribution >= 4 is 6.09 Å². The molecule has 0 bridgehead atoms. The lowest BCUT2D eigenvalue weighted by Gasteiger charge is -2.31. The van der Waals surface area contributed by atoms with E-state index < -0.39 is 17.5 Å². The summed E-state index contributed by atoms with van der Waals surface area (Å²) in [5, 5.41) is 0. The first-order chi connectivity index (χ1) is 15.3. The van der Waals surface area contributed by atoms with Crippen molar-refractivity contribution in [2.75, 3.05) is 6.54 Å². The summed E-state index contributed by atoms with van der Waals surface area (Å²) in [6.07, 6.45) is 0.166. The Kier molecular flexibility index (Phi) is 6.12. The van der Waals surface area contributed by atoms with Crippen molar-refractivity contribution < 1.29 is 18.7 Å². The van der Waals surface area contributed by atoms with E-state index in [0.29, 0.717) is 48.7 Å². The highest BCUT2D eigenvalue weighted by atomic mass is 19.1. The highest BCUT2D eigenvalue weighted by Crippen LogP contribution is 2.28. The van der Waals surface area contributed by atoms with E-state index in [9.17, 15) is 9.18 Å². The van der Waals surface area contributed by atoms with Gasteiger partial charge in [0.2, 0.25) is 0 Å². The van der Waals surface area contributed by atoms with Crippen molar-refractivity contribution in [3.8, 4) is 17.0 Å². The summed E-state index contributed by atoms with van der Waals surface area (Å²) in [5.74, 6) is 0.303. The van der Waals surface area contributed by atoms with Crippen LogP contribution in [0.2, 0.25) is 0 Å². The van der Waals surface area contributed by atoms with Crippen molar-refractivity contribution in [2.45, 2.75) is 45.9 Å². The fourth-order valence-corrected chi connectivity index (χ4v) is 3.58. The van der Waals surface area contributed by atoms with E-state index in [1.807, 2.05) is 75.4 Å². The van der Waals surface area contributed by atoms with Gasteiger partial charge < -0.3 is 14.4 Å². The normalized spacial score (nSPS) is 13.4. The summed E-state index contributed by atoms with van der Waals surface area (Å²) in [7, 11) is 0. The molecular formula is C26H27FN2O3. The van der Waals surface area contributed by atoms with Gasteiger partial charge in [-0.3, -0.25) is 0 Å². The number of hydrogen-bond acceptors (Lipinski definition) is 4. The third-order valence-electron chi connectivity index (χ3n) is 5.15. The molecule has 5 nitrogen and oxygen atoms in total. The molecule has 6 heteroatoms. The number of ether oxygens (including phenoxy) is 2. The number of pyridine rings is 1. The van der Waals surface area contributed by atoms with Crippen LogP contribution in [0.25, 0.3) is 11.3 Å². The van der Waals surface area contributed by atoms with Crippen molar-refractivity contribution in [1.82, 2.24) is 9.88 Å². The zero-order chi connectivity index (χ0) is 22.7. The average Bonchev–Trinajstić information content (AvgIpc) is 2.77. The van der Waals surface area contributed by atoms with Crippen LogP contribution in [0.3, 0.4) is 0 Å². The number of nitrogens with zero attached hydrogens (tertiary/aromatic N) is 2. The molecule has 166 valence electrons. The molecule has 0 atom stereocenters. The van der Waals surface area contributed by atoms with E-state index in [2.05, 4.69) is 4.98 Å². The molecule has 0 N–H and O–H groups in total. The van der Waals surface area contributed by atoms with Gasteiger partial charge in [0.1, 0.15) is 29.5 Å². The lowest BCUT2D eigenvalue weighted by molar-refractivity contribution is 0.0222. The number of fused-ring (bicyclic) bond motifs is 1. The van der Waals surface area contributed by atoms with Gasteiger partial charge in [-0.1, -0.05) is 30.3 Å². The van der Waals surface area contributed by atoms with E-state index in [1.54, 1.807) is 4.90 Å². The first-order valence-corrected chi connectivity index (χ1v) is 10.7. The van der Waals surface area contributed by atoms with Crippen LogP contribution in [0.4, 0.5) is 9.18 Å².